The maximum atomic E-state index is 6.30. The smallest absolute Gasteiger partial charge is 0.0457 e. The van der Waals surface area contributed by atoms with Crippen LogP contribution in [0, 0.1) is 6.92 Å². The minimum atomic E-state index is 0.466. The zero-order chi connectivity index (χ0) is 14.1. The molecule has 1 nitrogen and oxygen atoms in total. The van der Waals surface area contributed by atoms with Crippen LogP contribution in [0.15, 0.2) is 54.6 Å². The van der Waals surface area contributed by atoms with Gasteiger partial charge in [0.2, 0.25) is 0 Å². The van der Waals surface area contributed by atoms with E-state index in [-0.39, 0.29) is 0 Å². The third kappa shape index (κ3) is 2.20. The first-order valence-electron chi connectivity index (χ1n) is 6.68. The molecule has 0 heterocycles. The van der Waals surface area contributed by atoms with Crippen molar-refractivity contribution in [2.45, 2.75) is 13.5 Å². The molecule has 2 heteroatoms. The van der Waals surface area contributed by atoms with Gasteiger partial charge in [-0.15, -0.1) is 0 Å². The van der Waals surface area contributed by atoms with Gasteiger partial charge in [0.15, 0.2) is 0 Å². The Labute approximate surface area is 124 Å². The van der Waals surface area contributed by atoms with Crippen molar-refractivity contribution in [3.05, 3.63) is 70.7 Å². The number of hydrogen-bond donors (Lipinski definition) is 1. The van der Waals surface area contributed by atoms with Crippen LogP contribution >= 0.6 is 11.6 Å². The van der Waals surface area contributed by atoms with Crippen LogP contribution in [0.5, 0.6) is 0 Å². The summed E-state index contributed by atoms with van der Waals surface area (Å²) in [6.07, 6.45) is 0. The molecule has 100 valence electrons. The average molecular weight is 282 g/mol. The van der Waals surface area contributed by atoms with Gasteiger partial charge in [-0.25, -0.2) is 0 Å². The van der Waals surface area contributed by atoms with Crippen molar-refractivity contribution >= 4 is 22.4 Å². The van der Waals surface area contributed by atoms with Gasteiger partial charge in [0.1, 0.15) is 0 Å². The van der Waals surface area contributed by atoms with Crippen LogP contribution in [0.3, 0.4) is 0 Å². The maximum absolute atomic E-state index is 6.30. The molecule has 0 aromatic heterocycles. The van der Waals surface area contributed by atoms with E-state index in [2.05, 4.69) is 49.4 Å². The SMILES string of the molecule is Cc1ccc2ccccc2c1-c1ccc(CN)c(Cl)c1. The highest BCUT2D eigenvalue weighted by molar-refractivity contribution is 6.31. The molecule has 0 amide bonds. The monoisotopic (exact) mass is 281 g/mol. The summed E-state index contributed by atoms with van der Waals surface area (Å²) in [5.74, 6) is 0. The van der Waals surface area contributed by atoms with Crippen molar-refractivity contribution in [2.24, 2.45) is 5.73 Å². The fourth-order valence-electron chi connectivity index (χ4n) is 2.63. The highest BCUT2D eigenvalue weighted by Crippen LogP contribution is 2.33. The standard InChI is InChI=1S/C18H16ClN/c1-12-6-7-13-4-2-3-5-16(13)18(12)14-8-9-15(11-20)17(19)10-14/h2-10H,11,20H2,1H3. The molecule has 0 fully saturated rings. The van der Waals surface area contributed by atoms with Gasteiger partial charge in [0.05, 0.1) is 0 Å². The molecule has 0 atom stereocenters. The maximum Gasteiger partial charge on any atom is 0.0457 e. The van der Waals surface area contributed by atoms with Crippen LogP contribution in [0.1, 0.15) is 11.1 Å². The molecule has 0 saturated carbocycles. The van der Waals surface area contributed by atoms with Crippen molar-refractivity contribution in [3.8, 4) is 11.1 Å². The Balaban J connectivity index is 2.28. The molecule has 3 aromatic rings. The summed E-state index contributed by atoms with van der Waals surface area (Å²) in [5, 5.41) is 3.23. The fraction of sp³-hybridized carbons (Fsp3) is 0.111. The van der Waals surface area contributed by atoms with E-state index in [1.54, 1.807) is 0 Å². The molecule has 0 aliphatic heterocycles. The summed E-state index contributed by atoms with van der Waals surface area (Å²) < 4.78 is 0. The molecule has 0 spiro atoms. The van der Waals surface area contributed by atoms with E-state index in [0.29, 0.717) is 6.54 Å². The molecule has 2 N–H and O–H groups in total. The molecule has 0 aliphatic carbocycles. The Morgan fingerprint density at radius 2 is 1.80 bits per heavy atom. The van der Waals surface area contributed by atoms with E-state index in [4.69, 9.17) is 17.3 Å². The Morgan fingerprint density at radius 1 is 1.00 bits per heavy atom. The summed E-state index contributed by atoms with van der Waals surface area (Å²) >= 11 is 6.30. The predicted molar refractivity (Wildman–Crippen MR) is 87.0 cm³/mol. The lowest BCUT2D eigenvalue weighted by atomic mass is 9.93. The Bertz CT molecular complexity index is 777. The Hall–Kier alpha value is -1.83. The molecule has 20 heavy (non-hydrogen) atoms. The Kier molecular flexibility index (Phi) is 3.47. The van der Waals surface area contributed by atoms with Crippen molar-refractivity contribution < 1.29 is 0 Å². The normalized spacial score (nSPS) is 10.9. The lowest BCUT2D eigenvalue weighted by molar-refractivity contribution is 1.07. The second kappa shape index (κ2) is 5.28. The van der Waals surface area contributed by atoms with E-state index in [0.717, 1.165) is 16.1 Å². The molecule has 3 rings (SSSR count). The highest BCUT2D eigenvalue weighted by atomic mass is 35.5. The summed E-state index contributed by atoms with van der Waals surface area (Å²) in [7, 11) is 0. The third-order valence-corrected chi connectivity index (χ3v) is 4.05. The van der Waals surface area contributed by atoms with Gasteiger partial charge >= 0.3 is 0 Å². The molecular formula is C18H16ClN. The van der Waals surface area contributed by atoms with Gasteiger partial charge in [-0.2, -0.15) is 0 Å². The molecule has 0 bridgehead atoms. The summed E-state index contributed by atoms with van der Waals surface area (Å²) in [6, 6.07) is 18.9. The van der Waals surface area contributed by atoms with Gasteiger partial charge in [-0.05, 0) is 46.0 Å². The quantitative estimate of drug-likeness (QED) is 0.708. The van der Waals surface area contributed by atoms with Gasteiger partial charge in [0, 0.05) is 11.6 Å². The largest absolute Gasteiger partial charge is 0.326 e. The molecule has 0 saturated heterocycles. The van der Waals surface area contributed by atoms with Crippen molar-refractivity contribution in [2.75, 3.05) is 0 Å². The van der Waals surface area contributed by atoms with E-state index in [9.17, 15) is 0 Å². The third-order valence-electron chi connectivity index (χ3n) is 3.70. The molecule has 0 radical (unpaired) electrons. The molecule has 0 unspecified atom stereocenters. The number of halogens is 1. The van der Waals surface area contributed by atoms with Crippen LogP contribution < -0.4 is 5.73 Å². The zero-order valence-electron chi connectivity index (χ0n) is 11.4. The minimum absolute atomic E-state index is 0.466. The highest BCUT2D eigenvalue weighted by Gasteiger charge is 2.09. The van der Waals surface area contributed by atoms with E-state index >= 15 is 0 Å². The second-order valence-electron chi connectivity index (χ2n) is 4.99. The first kappa shape index (κ1) is 13.2. The van der Waals surface area contributed by atoms with Gasteiger partial charge in [0.25, 0.3) is 0 Å². The van der Waals surface area contributed by atoms with Crippen LogP contribution in [0.4, 0.5) is 0 Å². The van der Waals surface area contributed by atoms with Gasteiger partial charge in [-0.3, -0.25) is 0 Å². The van der Waals surface area contributed by atoms with Crippen LogP contribution in [-0.2, 0) is 6.54 Å². The average Bonchev–Trinajstić information content (AvgIpc) is 2.47. The Morgan fingerprint density at radius 3 is 2.55 bits per heavy atom. The van der Waals surface area contributed by atoms with Crippen molar-refractivity contribution in [1.82, 2.24) is 0 Å². The van der Waals surface area contributed by atoms with Crippen LogP contribution in [0.2, 0.25) is 5.02 Å². The second-order valence-corrected chi connectivity index (χ2v) is 5.40. The number of nitrogens with two attached hydrogens (primary N) is 1. The number of rotatable bonds is 2. The number of hydrogen-bond acceptors (Lipinski definition) is 1. The predicted octanol–water partition coefficient (Wildman–Crippen LogP) is 4.93. The van der Waals surface area contributed by atoms with E-state index < -0.39 is 0 Å². The first-order chi connectivity index (χ1) is 9.70. The van der Waals surface area contributed by atoms with Gasteiger partial charge < -0.3 is 5.73 Å². The summed E-state index contributed by atoms with van der Waals surface area (Å²) in [4.78, 5) is 0. The van der Waals surface area contributed by atoms with Gasteiger partial charge in [-0.1, -0.05) is 60.1 Å². The number of fused-ring (bicyclic) bond motifs is 1. The van der Waals surface area contributed by atoms with Crippen LogP contribution in [0.25, 0.3) is 21.9 Å². The van der Waals surface area contributed by atoms with Crippen molar-refractivity contribution in [3.63, 3.8) is 0 Å². The molecular weight excluding hydrogens is 266 g/mol. The number of aryl methyl sites for hydroxylation is 1. The summed E-state index contributed by atoms with van der Waals surface area (Å²) in [5.41, 5.74) is 10.3. The summed E-state index contributed by atoms with van der Waals surface area (Å²) in [6.45, 7) is 2.60. The number of benzene rings is 3. The zero-order valence-corrected chi connectivity index (χ0v) is 12.1. The topological polar surface area (TPSA) is 26.0 Å². The lowest BCUT2D eigenvalue weighted by Crippen LogP contribution is -1.97. The fourth-order valence-corrected chi connectivity index (χ4v) is 2.89. The first-order valence-corrected chi connectivity index (χ1v) is 7.05. The van der Waals surface area contributed by atoms with E-state index in [1.165, 1.54) is 21.9 Å². The minimum Gasteiger partial charge on any atom is -0.326 e. The van der Waals surface area contributed by atoms with Crippen LogP contribution in [-0.4, -0.2) is 0 Å². The molecule has 0 aliphatic rings. The lowest BCUT2D eigenvalue weighted by Gasteiger charge is -2.12. The van der Waals surface area contributed by atoms with E-state index in [1.807, 2.05) is 12.1 Å². The van der Waals surface area contributed by atoms with Crippen molar-refractivity contribution in [1.29, 1.82) is 0 Å². The molecule has 3 aromatic carbocycles.